The van der Waals surface area contributed by atoms with Gasteiger partial charge in [-0.2, -0.15) is 0 Å². The standard InChI is InChI=1S/C20H19FN4O3/c1-13(17-8-3-4-9-22-17)25(2)20(27)18-11-16(28-24-18)12-23-19(26)14-6-5-7-15(21)10-14/h3-11,13H,12H2,1-2H3,(H,23,26). The summed E-state index contributed by atoms with van der Waals surface area (Å²) in [4.78, 5) is 30.4. The van der Waals surface area contributed by atoms with Gasteiger partial charge in [-0.3, -0.25) is 14.6 Å². The minimum absolute atomic E-state index is 0.0230. The number of carbonyl (C=O) groups excluding carboxylic acids is 2. The fourth-order valence-electron chi connectivity index (χ4n) is 2.57. The summed E-state index contributed by atoms with van der Waals surface area (Å²) in [5.41, 5.74) is 1.07. The number of halogens is 1. The van der Waals surface area contributed by atoms with Crippen molar-refractivity contribution in [2.45, 2.75) is 19.5 Å². The third kappa shape index (κ3) is 4.40. The second kappa shape index (κ2) is 8.43. The lowest BCUT2D eigenvalue weighted by molar-refractivity contribution is 0.0728. The van der Waals surface area contributed by atoms with Crippen LogP contribution < -0.4 is 5.32 Å². The van der Waals surface area contributed by atoms with E-state index in [0.717, 1.165) is 11.8 Å². The smallest absolute Gasteiger partial charge is 0.276 e. The molecule has 2 heterocycles. The van der Waals surface area contributed by atoms with Crippen LogP contribution in [0.15, 0.2) is 59.3 Å². The van der Waals surface area contributed by atoms with E-state index in [2.05, 4.69) is 15.5 Å². The van der Waals surface area contributed by atoms with Gasteiger partial charge in [0.05, 0.1) is 18.3 Å². The van der Waals surface area contributed by atoms with Crippen LogP contribution in [0.1, 0.15) is 45.3 Å². The highest BCUT2D eigenvalue weighted by molar-refractivity contribution is 5.94. The summed E-state index contributed by atoms with van der Waals surface area (Å²) in [6.07, 6.45) is 1.67. The first-order chi connectivity index (χ1) is 13.5. The van der Waals surface area contributed by atoms with Gasteiger partial charge in [0.15, 0.2) is 11.5 Å². The van der Waals surface area contributed by atoms with Crippen molar-refractivity contribution in [1.29, 1.82) is 0 Å². The average Bonchev–Trinajstić information content (AvgIpc) is 3.20. The molecule has 0 aliphatic heterocycles. The lowest BCUT2D eigenvalue weighted by Gasteiger charge is -2.23. The predicted octanol–water partition coefficient (Wildman–Crippen LogP) is 2.97. The Morgan fingerprint density at radius 3 is 2.75 bits per heavy atom. The van der Waals surface area contributed by atoms with Gasteiger partial charge in [0.25, 0.3) is 11.8 Å². The van der Waals surface area contributed by atoms with Crippen LogP contribution in [-0.2, 0) is 6.54 Å². The van der Waals surface area contributed by atoms with Gasteiger partial charge in [0.1, 0.15) is 5.82 Å². The maximum atomic E-state index is 13.2. The quantitative estimate of drug-likeness (QED) is 0.708. The Morgan fingerprint density at radius 1 is 1.21 bits per heavy atom. The average molecular weight is 382 g/mol. The maximum Gasteiger partial charge on any atom is 0.276 e. The fraction of sp³-hybridized carbons (Fsp3) is 0.200. The van der Waals surface area contributed by atoms with Crippen molar-refractivity contribution in [2.75, 3.05) is 7.05 Å². The normalized spacial score (nSPS) is 11.7. The number of pyridine rings is 1. The van der Waals surface area contributed by atoms with Crippen molar-refractivity contribution in [3.63, 3.8) is 0 Å². The Hall–Kier alpha value is -3.55. The van der Waals surface area contributed by atoms with Crippen LogP contribution >= 0.6 is 0 Å². The summed E-state index contributed by atoms with van der Waals surface area (Å²) in [7, 11) is 1.65. The number of carbonyl (C=O) groups is 2. The van der Waals surface area contributed by atoms with Gasteiger partial charge in [-0.05, 0) is 37.3 Å². The summed E-state index contributed by atoms with van der Waals surface area (Å²) < 4.78 is 18.3. The van der Waals surface area contributed by atoms with Crippen LogP contribution in [-0.4, -0.2) is 33.9 Å². The van der Waals surface area contributed by atoms with Crippen molar-refractivity contribution in [2.24, 2.45) is 0 Å². The number of rotatable bonds is 6. The number of aromatic nitrogens is 2. The van der Waals surface area contributed by atoms with Crippen LogP contribution in [0, 0.1) is 5.82 Å². The first-order valence-corrected chi connectivity index (χ1v) is 8.63. The number of amides is 2. The van der Waals surface area contributed by atoms with Crippen molar-refractivity contribution < 1.29 is 18.5 Å². The van der Waals surface area contributed by atoms with E-state index >= 15 is 0 Å². The Kier molecular flexibility index (Phi) is 5.78. The second-order valence-corrected chi connectivity index (χ2v) is 6.22. The molecule has 0 saturated carbocycles. The maximum absolute atomic E-state index is 13.2. The molecular formula is C20H19FN4O3. The number of nitrogens with zero attached hydrogens (tertiary/aromatic N) is 3. The van der Waals surface area contributed by atoms with Gasteiger partial charge in [-0.15, -0.1) is 0 Å². The molecule has 0 fully saturated rings. The molecule has 0 radical (unpaired) electrons. The highest BCUT2D eigenvalue weighted by atomic mass is 19.1. The first-order valence-electron chi connectivity index (χ1n) is 8.63. The molecule has 1 N–H and O–H groups in total. The van der Waals surface area contributed by atoms with Crippen molar-refractivity contribution in [3.05, 3.63) is 83.3 Å². The predicted molar refractivity (Wildman–Crippen MR) is 98.8 cm³/mol. The zero-order valence-electron chi connectivity index (χ0n) is 15.4. The molecule has 0 spiro atoms. The monoisotopic (exact) mass is 382 g/mol. The van der Waals surface area contributed by atoms with E-state index in [1.54, 1.807) is 19.3 Å². The van der Waals surface area contributed by atoms with Gasteiger partial charge in [0, 0.05) is 24.9 Å². The molecule has 0 saturated heterocycles. The molecule has 3 aromatic rings. The molecular weight excluding hydrogens is 363 g/mol. The summed E-state index contributed by atoms with van der Waals surface area (Å²) in [6.45, 7) is 1.88. The molecule has 0 bridgehead atoms. The van der Waals surface area contributed by atoms with Crippen LogP contribution in [0.2, 0.25) is 0 Å². The second-order valence-electron chi connectivity index (χ2n) is 6.22. The van der Waals surface area contributed by atoms with Gasteiger partial charge in [-0.1, -0.05) is 17.3 Å². The van der Waals surface area contributed by atoms with Crippen LogP contribution in [0.4, 0.5) is 4.39 Å². The van der Waals surface area contributed by atoms with E-state index in [0.29, 0.717) is 5.76 Å². The Balaban J connectivity index is 1.61. The number of nitrogens with one attached hydrogen (secondary N) is 1. The molecule has 1 aromatic carbocycles. The molecule has 0 aliphatic rings. The van der Waals surface area contributed by atoms with Gasteiger partial charge >= 0.3 is 0 Å². The van der Waals surface area contributed by atoms with Gasteiger partial charge in [0.2, 0.25) is 0 Å². The number of benzene rings is 1. The Bertz CT molecular complexity index is 974. The van der Waals surface area contributed by atoms with Crippen LogP contribution in [0.3, 0.4) is 0 Å². The topological polar surface area (TPSA) is 88.3 Å². The van der Waals surface area contributed by atoms with Crippen molar-refractivity contribution in [1.82, 2.24) is 20.4 Å². The Labute approximate surface area is 161 Å². The van der Waals surface area contributed by atoms with Crippen molar-refractivity contribution in [3.8, 4) is 0 Å². The summed E-state index contributed by atoms with van der Waals surface area (Å²) in [5.74, 6) is -0.966. The lowest BCUT2D eigenvalue weighted by atomic mass is 10.2. The molecule has 2 aromatic heterocycles. The summed E-state index contributed by atoms with van der Waals surface area (Å²) in [5, 5.41) is 6.38. The zero-order chi connectivity index (χ0) is 20.1. The highest BCUT2D eigenvalue weighted by Crippen LogP contribution is 2.18. The van der Waals surface area contributed by atoms with E-state index in [1.807, 2.05) is 19.1 Å². The molecule has 7 nitrogen and oxygen atoms in total. The van der Waals surface area contributed by atoms with Gasteiger partial charge < -0.3 is 14.7 Å². The fourth-order valence-corrected chi connectivity index (χ4v) is 2.57. The highest BCUT2D eigenvalue weighted by Gasteiger charge is 2.23. The van der Waals surface area contributed by atoms with E-state index in [9.17, 15) is 14.0 Å². The summed E-state index contributed by atoms with van der Waals surface area (Å²) >= 11 is 0. The number of hydrogen-bond acceptors (Lipinski definition) is 5. The van der Waals surface area contributed by atoms with E-state index in [1.165, 1.54) is 29.2 Å². The third-order valence-corrected chi connectivity index (χ3v) is 4.31. The third-order valence-electron chi connectivity index (χ3n) is 4.31. The van der Waals surface area contributed by atoms with E-state index in [4.69, 9.17) is 4.52 Å². The van der Waals surface area contributed by atoms with Crippen LogP contribution in [0.25, 0.3) is 0 Å². The molecule has 1 unspecified atom stereocenters. The largest absolute Gasteiger partial charge is 0.359 e. The van der Waals surface area contributed by atoms with E-state index < -0.39 is 11.7 Å². The molecule has 3 rings (SSSR count). The molecule has 28 heavy (non-hydrogen) atoms. The van der Waals surface area contributed by atoms with Crippen molar-refractivity contribution >= 4 is 11.8 Å². The Morgan fingerprint density at radius 2 is 2.04 bits per heavy atom. The molecule has 0 aliphatic carbocycles. The SMILES string of the molecule is CC(c1ccccn1)N(C)C(=O)c1cc(CNC(=O)c2cccc(F)c2)on1. The molecule has 1 atom stereocenters. The minimum atomic E-state index is -0.495. The lowest BCUT2D eigenvalue weighted by Crippen LogP contribution is -2.30. The number of hydrogen-bond donors (Lipinski definition) is 1. The zero-order valence-corrected chi connectivity index (χ0v) is 15.4. The minimum Gasteiger partial charge on any atom is -0.359 e. The molecule has 2 amide bonds. The first kappa shape index (κ1) is 19.2. The molecule has 8 heteroatoms. The van der Waals surface area contributed by atoms with E-state index in [-0.39, 0.29) is 29.8 Å². The molecule has 144 valence electrons. The van der Waals surface area contributed by atoms with Gasteiger partial charge in [-0.25, -0.2) is 4.39 Å². The van der Waals surface area contributed by atoms with Crippen LogP contribution in [0.5, 0.6) is 0 Å². The summed E-state index contributed by atoms with van der Waals surface area (Å²) in [6, 6.07) is 12.1.